The number of rotatable bonds is 9. The molecule has 0 aliphatic heterocycles. The predicted molar refractivity (Wildman–Crippen MR) is 147 cm³/mol. The average molecular weight is 584 g/mol. The summed E-state index contributed by atoms with van der Waals surface area (Å²) in [5, 5.41) is 11.3. The molecule has 4 rings (SSSR count). The van der Waals surface area contributed by atoms with Gasteiger partial charge in [-0.05, 0) is 55.5 Å². The molecule has 2 aromatic heterocycles. The lowest BCUT2D eigenvalue weighted by Crippen LogP contribution is -2.39. The first-order valence-corrected chi connectivity index (χ1v) is 15.0. The number of benzene rings is 1. The number of aromatic nitrogens is 3. The molecule has 3 aromatic rings. The normalized spacial score (nSPS) is 16.3. The van der Waals surface area contributed by atoms with Crippen LogP contribution in [0, 0.1) is 0 Å². The van der Waals surface area contributed by atoms with Crippen LogP contribution >= 0.6 is 30.8 Å². The zero-order valence-corrected chi connectivity index (χ0v) is 22.8. The van der Waals surface area contributed by atoms with Crippen LogP contribution in [-0.2, 0) is 14.6 Å². The number of fused-ring (bicyclic) bond motifs is 1. The maximum Gasteiger partial charge on any atom is 0.345 e. The fourth-order valence-corrected chi connectivity index (χ4v) is 7.62. The summed E-state index contributed by atoms with van der Waals surface area (Å²) in [4.78, 5) is 19.3. The molecular formula is C23H24Cl2N5O5PS. The summed E-state index contributed by atoms with van der Waals surface area (Å²) in [5.74, 6) is 1.13. The van der Waals surface area contributed by atoms with E-state index >= 15 is 0 Å². The van der Waals surface area contributed by atoms with Gasteiger partial charge in [0, 0.05) is 34.6 Å². The lowest BCUT2D eigenvalue weighted by Gasteiger charge is -2.29. The first-order valence-electron chi connectivity index (χ1n) is 11.0. The molecule has 3 N–H and O–H groups in total. The van der Waals surface area contributed by atoms with Crippen LogP contribution in [0.3, 0.4) is 0 Å². The molecule has 1 unspecified atom stereocenters. The molecule has 1 aliphatic carbocycles. The Morgan fingerprint density at radius 1 is 1.24 bits per heavy atom. The Hall–Kier alpha value is -2.66. The van der Waals surface area contributed by atoms with Gasteiger partial charge in [-0.1, -0.05) is 35.4 Å². The monoisotopic (exact) mass is 583 g/mol. The molecule has 1 atom stereocenters. The van der Waals surface area contributed by atoms with Gasteiger partial charge in [0.2, 0.25) is 10.0 Å². The van der Waals surface area contributed by atoms with Crippen LogP contribution in [0.25, 0.3) is 16.7 Å². The maximum atomic E-state index is 13.5. The van der Waals surface area contributed by atoms with E-state index in [1.165, 1.54) is 18.2 Å². The molecule has 0 bridgehead atoms. The van der Waals surface area contributed by atoms with Gasteiger partial charge in [-0.25, -0.2) is 8.42 Å². The van der Waals surface area contributed by atoms with E-state index in [4.69, 9.17) is 23.2 Å². The van der Waals surface area contributed by atoms with E-state index in [0.717, 1.165) is 5.57 Å². The first-order chi connectivity index (χ1) is 17.3. The smallest absolute Gasteiger partial charge is 0.345 e. The highest BCUT2D eigenvalue weighted by Gasteiger charge is 2.36. The fourth-order valence-electron chi connectivity index (χ4n) is 3.79. The molecule has 0 spiro atoms. The van der Waals surface area contributed by atoms with E-state index in [-0.39, 0.29) is 22.2 Å². The molecule has 14 heteroatoms. The van der Waals surface area contributed by atoms with Crippen LogP contribution in [0.2, 0.25) is 0 Å². The van der Waals surface area contributed by atoms with Crippen molar-refractivity contribution in [1.82, 2.24) is 14.8 Å². The number of anilines is 2. The van der Waals surface area contributed by atoms with Gasteiger partial charge in [0.1, 0.15) is 17.4 Å². The molecule has 1 aliphatic rings. The molecule has 0 fully saturated rings. The van der Waals surface area contributed by atoms with E-state index in [2.05, 4.69) is 22.1 Å². The molecule has 10 nitrogen and oxygen atoms in total. The molecular weight excluding hydrogens is 560 g/mol. The van der Waals surface area contributed by atoms with Crippen LogP contribution < -0.4 is 9.62 Å². The highest BCUT2D eigenvalue weighted by molar-refractivity contribution is 7.93. The van der Waals surface area contributed by atoms with Crippen molar-refractivity contribution in [2.24, 2.45) is 0 Å². The maximum absolute atomic E-state index is 13.5. The Balaban J connectivity index is 1.69. The van der Waals surface area contributed by atoms with E-state index in [1.807, 2.05) is 6.92 Å². The van der Waals surface area contributed by atoms with Crippen LogP contribution in [0.4, 0.5) is 11.5 Å². The second kappa shape index (κ2) is 10.6. The van der Waals surface area contributed by atoms with Crippen molar-refractivity contribution in [1.29, 1.82) is 0 Å². The minimum Gasteiger partial charge on any atom is -0.365 e. The summed E-state index contributed by atoms with van der Waals surface area (Å²) < 4.78 is 41.4. The quantitative estimate of drug-likeness (QED) is 0.243. The lowest BCUT2D eigenvalue weighted by molar-refractivity contribution is 0.373. The second-order valence-electron chi connectivity index (χ2n) is 8.60. The standard InChI is InChI=1S/C23H24Cl2N5O5PS/c1-15(2)13-26-22-5-6-23(28-27-22)29-8-7-16-9-19(3-4-21(16)29)30(14-36(31,32)33)37(34,35)20-11-17(24)10-18(25)12-20/h3-11,20H,1,12-14H2,2H3,(H,26,27)(H2,31,32,33). The highest BCUT2D eigenvalue weighted by atomic mass is 35.5. The van der Waals surface area contributed by atoms with Crippen molar-refractivity contribution < 1.29 is 22.8 Å². The number of halogens is 2. The van der Waals surface area contributed by atoms with Crippen LogP contribution in [0.1, 0.15) is 13.3 Å². The number of nitrogens with one attached hydrogen (secondary N) is 1. The molecule has 0 saturated carbocycles. The molecule has 1 aromatic carbocycles. The third-order valence-corrected chi connectivity index (χ3v) is 8.83. The Morgan fingerprint density at radius 3 is 2.62 bits per heavy atom. The third kappa shape index (κ3) is 6.43. The van der Waals surface area contributed by atoms with Gasteiger partial charge in [0.15, 0.2) is 5.82 Å². The number of sulfonamides is 1. The average Bonchev–Trinajstić information content (AvgIpc) is 3.23. The Kier molecular flexibility index (Phi) is 7.85. The number of hydrogen-bond acceptors (Lipinski definition) is 6. The van der Waals surface area contributed by atoms with Crippen molar-refractivity contribution >= 4 is 63.2 Å². The van der Waals surface area contributed by atoms with Crippen LogP contribution in [-0.4, -0.2) is 51.0 Å². The minimum atomic E-state index is -4.77. The van der Waals surface area contributed by atoms with Gasteiger partial charge in [0.25, 0.3) is 0 Å². The Bertz CT molecular complexity index is 1560. The minimum absolute atomic E-state index is 0.0632. The van der Waals surface area contributed by atoms with Crippen LogP contribution in [0.5, 0.6) is 0 Å². The Morgan fingerprint density at radius 2 is 2.00 bits per heavy atom. The SMILES string of the molecule is C=C(C)CNc1ccc(-n2ccc3cc(N(CP(=O)(O)O)S(=O)(=O)C4C=C(Cl)C=C(Cl)C4)ccc32)nn1. The molecule has 0 amide bonds. The molecule has 196 valence electrons. The van der Waals surface area contributed by atoms with Gasteiger partial charge in [-0.3, -0.25) is 13.4 Å². The van der Waals surface area contributed by atoms with Gasteiger partial charge in [-0.2, -0.15) is 0 Å². The fraction of sp³-hybridized carbons (Fsp3) is 0.217. The van der Waals surface area contributed by atoms with Gasteiger partial charge < -0.3 is 15.1 Å². The number of nitrogens with zero attached hydrogens (tertiary/aromatic N) is 4. The van der Waals surface area contributed by atoms with Gasteiger partial charge >= 0.3 is 7.60 Å². The number of allylic oxidation sites excluding steroid dienone is 3. The summed E-state index contributed by atoms with van der Waals surface area (Å²) in [6, 6.07) is 9.98. The van der Waals surface area contributed by atoms with E-state index in [1.54, 1.807) is 41.1 Å². The van der Waals surface area contributed by atoms with Crippen molar-refractivity contribution in [2.45, 2.75) is 18.6 Å². The molecule has 37 heavy (non-hydrogen) atoms. The summed E-state index contributed by atoms with van der Waals surface area (Å²) in [5.41, 5.74) is 1.74. The summed E-state index contributed by atoms with van der Waals surface area (Å²) >= 11 is 12.1. The van der Waals surface area contributed by atoms with E-state index < -0.39 is 29.2 Å². The van der Waals surface area contributed by atoms with E-state index in [9.17, 15) is 22.8 Å². The molecule has 0 saturated heterocycles. The van der Waals surface area contributed by atoms with Crippen molar-refractivity contribution in [3.05, 3.63) is 77.0 Å². The largest absolute Gasteiger partial charge is 0.365 e. The van der Waals surface area contributed by atoms with Crippen molar-refractivity contribution in [3.8, 4) is 5.82 Å². The topological polar surface area (TPSA) is 138 Å². The van der Waals surface area contributed by atoms with Crippen molar-refractivity contribution in [2.75, 3.05) is 22.5 Å². The lowest BCUT2D eigenvalue weighted by atomic mass is 10.2. The third-order valence-electron chi connectivity index (χ3n) is 5.47. The Labute approximate surface area is 224 Å². The van der Waals surface area contributed by atoms with Crippen LogP contribution in [0.15, 0.2) is 77.0 Å². The number of hydrogen-bond donors (Lipinski definition) is 3. The zero-order valence-electron chi connectivity index (χ0n) is 19.6. The zero-order chi connectivity index (χ0) is 27.0. The first kappa shape index (κ1) is 27.4. The predicted octanol–water partition coefficient (Wildman–Crippen LogP) is 4.70. The summed E-state index contributed by atoms with van der Waals surface area (Å²) in [6.45, 7) is 6.30. The van der Waals surface area contributed by atoms with Gasteiger partial charge in [-0.15, -0.1) is 10.2 Å². The summed E-state index contributed by atoms with van der Waals surface area (Å²) in [6.07, 6.45) is 3.39. The highest BCUT2D eigenvalue weighted by Crippen LogP contribution is 2.41. The van der Waals surface area contributed by atoms with Gasteiger partial charge in [0.05, 0.1) is 11.2 Å². The molecule has 2 heterocycles. The van der Waals surface area contributed by atoms with Crippen molar-refractivity contribution in [3.63, 3.8) is 0 Å². The van der Waals surface area contributed by atoms with E-state index in [0.29, 0.717) is 33.4 Å². The summed E-state index contributed by atoms with van der Waals surface area (Å²) in [7, 11) is -9.07. The second-order valence-corrected chi connectivity index (χ2v) is 13.2. The molecule has 0 radical (unpaired) electrons.